The van der Waals surface area contributed by atoms with Gasteiger partial charge in [-0.3, -0.25) is 4.79 Å². The van der Waals surface area contributed by atoms with Crippen molar-refractivity contribution in [2.45, 2.75) is 25.8 Å². The summed E-state index contributed by atoms with van der Waals surface area (Å²) in [4.78, 5) is 18.7. The van der Waals surface area contributed by atoms with E-state index in [9.17, 15) is 4.79 Å². The third-order valence-electron chi connectivity index (χ3n) is 3.51. The van der Waals surface area contributed by atoms with Crippen molar-refractivity contribution >= 4 is 5.91 Å². The molecule has 1 aliphatic heterocycles. The lowest BCUT2D eigenvalue weighted by Gasteiger charge is -2.37. The number of piperidine rings is 1. The Morgan fingerprint density at radius 3 is 2.39 bits per heavy atom. The number of nitrogens with zero attached hydrogens (tertiary/aromatic N) is 3. The van der Waals surface area contributed by atoms with Crippen LogP contribution in [0.3, 0.4) is 0 Å². The van der Waals surface area contributed by atoms with E-state index in [2.05, 4.69) is 16.8 Å². The summed E-state index contributed by atoms with van der Waals surface area (Å²) in [7, 11) is 6.24. The van der Waals surface area contributed by atoms with Gasteiger partial charge in [-0.2, -0.15) is 0 Å². The average Bonchev–Trinajstić information content (AvgIpc) is 2.31. The highest BCUT2D eigenvalue weighted by Crippen LogP contribution is 2.16. The van der Waals surface area contributed by atoms with Crippen LogP contribution in [0.5, 0.6) is 0 Å². The second-order valence-electron chi connectivity index (χ2n) is 5.37. The van der Waals surface area contributed by atoms with Crippen LogP contribution in [-0.4, -0.2) is 74.0 Å². The van der Waals surface area contributed by atoms with Gasteiger partial charge in [0.1, 0.15) is 0 Å². The zero-order chi connectivity index (χ0) is 13.5. The largest absolute Gasteiger partial charge is 0.335 e. The molecule has 0 spiro atoms. The van der Waals surface area contributed by atoms with Crippen molar-refractivity contribution in [1.29, 1.82) is 0 Å². The number of hydrogen-bond donors (Lipinski definition) is 0. The van der Waals surface area contributed by atoms with Crippen molar-refractivity contribution in [2.24, 2.45) is 0 Å². The van der Waals surface area contributed by atoms with E-state index in [-0.39, 0.29) is 5.91 Å². The van der Waals surface area contributed by atoms with Crippen LogP contribution < -0.4 is 0 Å². The van der Waals surface area contributed by atoms with E-state index in [4.69, 9.17) is 0 Å². The minimum absolute atomic E-state index is 0.161. The first-order chi connectivity index (χ1) is 8.54. The maximum absolute atomic E-state index is 12.1. The molecule has 0 aliphatic carbocycles. The van der Waals surface area contributed by atoms with E-state index in [1.54, 1.807) is 6.08 Å². The number of likely N-dealkylation sites (N-methyl/N-ethyl adjacent to an activating group) is 1. The fourth-order valence-corrected chi connectivity index (χ4v) is 2.33. The molecular weight excluding hydrogens is 226 g/mol. The van der Waals surface area contributed by atoms with E-state index in [1.807, 2.05) is 32.0 Å². The summed E-state index contributed by atoms with van der Waals surface area (Å²) in [5.41, 5.74) is 0. The van der Waals surface area contributed by atoms with Gasteiger partial charge in [0.05, 0.1) is 0 Å². The highest BCUT2D eigenvalue weighted by Gasteiger charge is 2.25. The quantitative estimate of drug-likeness (QED) is 0.685. The Labute approximate surface area is 111 Å². The third-order valence-corrected chi connectivity index (χ3v) is 3.51. The molecule has 104 valence electrons. The Bertz CT molecular complexity index is 281. The molecule has 0 atom stereocenters. The Hall–Kier alpha value is -0.870. The molecule has 1 amide bonds. The Kier molecular flexibility index (Phi) is 6.36. The van der Waals surface area contributed by atoms with Crippen molar-refractivity contribution in [2.75, 3.05) is 47.3 Å². The monoisotopic (exact) mass is 253 g/mol. The molecule has 0 saturated carbocycles. The van der Waals surface area contributed by atoms with Gasteiger partial charge in [-0.1, -0.05) is 6.08 Å². The van der Waals surface area contributed by atoms with Crippen LogP contribution in [0.15, 0.2) is 12.2 Å². The minimum Gasteiger partial charge on any atom is -0.335 e. The highest BCUT2D eigenvalue weighted by atomic mass is 16.2. The van der Waals surface area contributed by atoms with Crippen molar-refractivity contribution in [3.8, 4) is 0 Å². The molecule has 0 aromatic heterocycles. The lowest BCUT2D eigenvalue weighted by Crippen LogP contribution is -2.48. The molecule has 0 N–H and O–H groups in total. The molecule has 1 saturated heterocycles. The zero-order valence-electron chi connectivity index (χ0n) is 12.2. The van der Waals surface area contributed by atoms with Gasteiger partial charge < -0.3 is 14.7 Å². The third kappa shape index (κ3) is 4.78. The molecule has 0 aromatic rings. The van der Waals surface area contributed by atoms with Gasteiger partial charge in [-0.15, -0.1) is 0 Å². The van der Waals surface area contributed by atoms with E-state index >= 15 is 0 Å². The van der Waals surface area contributed by atoms with E-state index < -0.39 is 0 Å². The van der Waals surface area contributed by atoms with Gasteiger partial charge in [0.25, 0.3) is 0 Å². The summed E-state index contributed by atoms with van der Waals surface area (Å²) in [6.45, 7) is 5.83. The van der Waals surface area contributed by atoms with Gasteiger partial charge in [0.2, 0.25) is 5.91 Å². The van der Waals surface area contributed by atoms with Crippen molar-refractivity contribution in [3.63, 3.8) is 0 Å². The lowest BCUT2D eigenvalue weighted by atomic mass is 10.0. The molecule has 4 nitrogen and oxygen atoms in total. The number of rotatable bonds is 5. The normalized spacial score (nSPS) is 18.7. The number of carbonyl (C=O) groups is 1. The number of allylic oxidation sites excluding steroid dienone is 1. The van der Waals surface area contributed by atoms with E-state index in [1.165, 1.54) is 0 Å². The maximum Gasteiger partial charge on any atom is 0.246 e. The molecule has 0 aromatic carbocycles. The first-order valence-electron chi connectivity index (χ1n) is 6.81. The minimum atomic E-state index is 0.161. The topological polar surface area (TPSA) is 26.8 Å². The van der Waals surface area contributed by atoms with Crippen molar-refractivity contribution in [3.05, 3.63) is 12.2 Å². The standard InChI is InChI=1S/C14H27N3O/c1-5-6-14(18)17(12-11-15(2)3)13-7-9-16(4)10-8-13/h5-6,13H,7-12H2,1-4H3. The second-order valence-corrected chi connectivity index (χ2v) is 5.37. The molecule has 0 unspecified atom stereocenters. The molecule has 1 rings (SSSR count). The predicted molar refractivity (Wildman–Crippen MR) is 75.6 cm³/mol. The summed E-state index contributed by atoms with van der Waals surface area (Å²) >= 11 is 0. The van der Waals surface area contributed by atoms with Crippen molar-refractivity contribution in [1.82, 2.24) is 14.7 Å². The Balaban J connectivity index is 2.61. The first-order valence-corrected chi connectivity index (χ1v) is 6.81. The van der Waals surface area contributed by atoms with Crippen LogP contribution in [0.1, 0.15) is 19.8 Å². The summed E-state index contributed by atoms with van der Waals surface area (Å²) in [5, 5.41) is 0. The Morgan fingerprint density at radius 2 is 1.89 bits per heavy atom. The molecule has 1 fully saturated rings. The van der Waals surface area contributed by atoms with Crippen LogP contribution in [0.4, 0.5) is 0 Å². The molecule has 0 bridgehead atoms. The summed E-state index contributed by atoms with van der Waals surface area (Å²) < 4.78 is 0. The van der Waals surface area contributed by atoms with E-state index in [0.717, 1.165) is 39.0 Å². The predicted octanol–water partition coefficient (Wildman–Crippen LogP) is 1.05. The maximum atomic E-state index is 12.1. The lowest BCUT2D eigenvalue weighted by molar-refractivity contribution is -0.129. The molecular formula is C14H27N3O. The van der Waals surface area contributed by atoms with Gasteiger partial charge >= 0.3 is 0 Å². The molecule has 4 heteroatoms. The number of hydrogen-bond acceptors (Lipinski definition) is 3. The Morgan fingerprint density at radius 1 is 1.28 bits per heavy atom. The van der Waals surface area contributed by atoms with Crippen LogP contribution in [0, 0.1) is 0 Å². The smallest absolute Gasteiger partial charge is 0.246 e. The van der Waals surface area contributed by atoms with Crippen LogP contribution in [0.2, 0.25) is 0 Å². The van der Waals surface area contributed by atoms with Gasteiger partial charge in [0.15, 0.2) is 0 Å². The molecule has 0 radical (unpaired) electrons. The summed E-state index contributed by atoms with van der Waals surface area (Å²) in [5.74, 6) is 0.161. The zero-order valence-corrected chi connectivity index (χ0v) is 12.2. The highest BCUT2D eigenvalue weighted by molar-refractivity contribution is 5.87. The van der Waals surface area contributed by atoms with Gasteiger partial charge in [-0.25, -0.2) is 0 Å². The average molecular weight is 253 g/mol. The first kappa shape index (κ1) is 15.2. The van der Waals surface area contributed by atoms with Crippen LogP contribution >= 0.6 is 0 Å². The fraction of sp³-hybridized carbons (Fsp3) is 0.786. The van der Waals surface area contributed by atoms with Gasteiger partial charge in [-0.05, 0) is 60.1 Å². The van der Waals surface area contributed by atoms with Gasteiger partial charge in [0, 0.05) is 19.1 Å². The number of likely N-dealkylation sites (tertiary alicyclic amines) is 1. The molecule has 18 heavy (non-hydrogen) atoms. The molecule has 1 aliphatic rings. The van der Waals surface area contributed by atoms with Crippen molar-refractivity contribution < 1.29 is 4.79 Å². The summed E-state index contributed by atoms with van der Waals surface area (Å²) in [6.07, 6.45) is 5.70. The number of amides is 1. The fourth-order valence-electron chi connectivity index (χ4n) is 2.33. The SMILES string of the molecule is CC=CC(=O)N(CCN(C)C)C1CCN(C)CC1. The van der Waals surface area contributed by atoms with Crippen LogP contribution in [0.25, 0.3) is 0 Å². The molecule has 1 heterocycles. The van der Waals surface area contributed by atoms with Crippen LogP contribution in [-0.2, 0) is 4.79 Å². The van der Waals surface area contributed by atoms with E-state index in [0.29, 0.717) is 6.04 Å². The number of carbonyl (C=O) groups excluding carboxylic acids is 1. The summed E-state index contributed by atoms with van der Waals surface area (Å²) in [6, 6.07) is 0.407. The second kappa shape index (κ2) is 7.54.